The zero-order chi connectivity index (χ0) is 29.6. The molecule has 0 amide bonds. The molecule has 0 bridgehead atoms. The Morgan fingerprint density at radius 2 is 1.00 bits per heavy atom. The Balaban J connectivity index is 1.32. The smallest absolute Gasteiger partial charge is 0.227 e. The number of nitrogens with zero attached hydrogens (tertiary/aromatic N) is 5. The van der Waals surface area contributed by atoms with E-state index in [0.717, 1.165) is 37.8 Å². The second-order valence-corrected chi connectivity index (χ2v) is 14.7. The van der Waals surface area contributed by atoms with E-state index in [1.54, 1.807) is 20.5 Å². The summed E-state index contributed by atoms with van der Waals surface area (Å²) in [7, 11) is 3.60. The third-order valence-electron chi connectivity index (χ3n) is 8.93. The molecule has 3 heterocycles. The third kappa shape index (κ3) is 8.73. The molecule has 40 heavy (non-hydrogen) atoms. The number of aromatic nitrogens is 3. The first-order chi connectivity index (χ1) is 18.7. The summed E-state index contributed by atoms with van der Waals surface area (Å²) in [4.78, 5) is 24.7. The van der Waals surface area contributed by atoms with Gasteiger partial charge in [-0.2, -0.15) is 15.1 Å². The molecular weight excluding hydrogens is 502 g/mol. The van der Waals surface area contributed by atoms with Crippen molar-refractivity contribution in [2.45, 2.75) is 142 Å². The Bertz CT molecular complexity index is 815. The van der Waals surface area contributed by atoms with Crippen LogP contribution in [0.3, 0.4) is 0 Å². The number of hydrogen-bond donors (Lipinski definition) is 2. The second kappa shape index (κ2) is 13.6. The van der Waals surface area contributed by atoms with Crippen LogP contribution in [0.4, 0.5) is 11.9 Å². The van der Waals surface area contributed by atoms with Crippen LogP contribution < -0.4 is 10.6 Å². The summed E-state index contributed by atoms with van der Waals surface area (Å²) in [6, 6.07) is 0. The van der Waals surface area contributed by atoms with Gasteiger partial charge in [0.25, 0.3) is 0 Å². The van der Waals surface area contributed by atoms with Crippen LogP contribution in [-0.2, 0) is 9.68 Å². The predicted molar refractivity (Wildman–Crippen MR) is 164 cm³/mol. The van der Waals surface area contributed by atoms with Crippen LogP contribution >= 0.6 is 0 Å². The maximum atomic E-state index is 5.75. The molecule has 2 N–H and O–H groups in total. The Hall–Kier alpha value is -1.55. The van der Waals surface area contributed by atoms with Gasteiger partial charge in [0.1, 0.15) is 6.33 Å². The predicted octanol–water partition coefficient (Wildman–Crippen LogP) is 6.70. The lowest BCUT2D eigenvalue weighted by atomic mass is 9.73. The Morgan fingerprint density at radius 3 is 1.32 bits per heavy atom. The van der Waals surface area contributed by atoms with Crippen LogP contribution in [0.25, 0.3) is 0 Å². The van der Waals surface area contributed by atoms with Gasteiger partial charge in [-0.25, -0.2) is 9.97 Å². The number of rotatable bonds is 14. The lowest BCUT2D eigenvalue weighted by molar-refractivity contribution is -0.272. The SMILES string of the molecule is CON1C(C)(C)CC(CCCCNc2ncnc(NCCCCC3CC(C)(C)N(OC)C(C)(C)C3)n2)CC1(C)C. The van der Waals surface area contributed by atoms with E-state index in [1.807, 2.05) is 0 Å². The molecule has 3 rings (SSSR count). The van der Waals surface area contributed by atoms with Gasteiger partial charge in [0.05, 0.1) is 14.2 Å². The zero-order valence-electron chi connectivity index (χ0n) is 27.3. The van der Waals surface area contributed by atoms with Gasteiger partial charge in [-0.05, 0) is 106 Å². The zero-order valence-corrected chi connectivity index (χ0v) is 27.3. The standard InChI is InChI=1S/C31H59N7O2/c1-28(2)19-24(20-29(3,4)37(28)39-9)15-11-13-17-32-26-34-23-35-27(36-26)33-18-14-12-16-25-21-30(5,6)38(40-10)31(7,8)22-25/h23-25H,11-22H2,1-10H3,(H2,32,33,34,35,36). The molecule has 0 aliphatic carbocycles. The second-order valence-electron chi connectivity index (χ2n) is 14.7. The summed E-state index contributed by atoms with van der Waals surface area (Å²) in [5.41, 5.74) is 0.236. The molecule has 1 aromatic heterocycles. The van der Waals surface area contributed by atoms with Crippen molar-refractivity contribution in [3.8, 4) is 0 Å². The highest BCUT2D eigenvalue weighted by Gasteiger charge is 2.46. The highest BCUT2D eigenvalue weighted by molar-refractivity contribution is 5.32. The van der Waals surface area contributed by atoms with E-state index in [0.29, 0.717) is 11.9 Å². The van der Waals surface area contributed by atoms with Crippen LogP contribution in [0.1, 0.15) is 120 Å². The van der Waals surface area contributed by atoms with Crippen LogP contribution in [0, 0.1) is 11.8 Å². The fraction of sp³-hybridized carbons (Fsp3) is 0.903. The molecule has 1 aromatic rings. The van der Waals surface area contributed by atoms with Crippen molar-refractivity contribution in [2.24, 2.45) is 11.8 Å². The van der Waals surface area contributed by atoms with Crippen molar-refractivity contribution >= 4 is 11.9 Å². The molecular formula is C31H59N7O2. The first kappa shape index (κ1) is 33.0. The lowest BCUT2D eigenvalue weighted by Crippen LogP contribution is -2.59. The van der Waals surface area contributed by atoms with Gasteiger partial charge in [0, 0.05) is 35.2 Å². The highest BCUT2D eigenvalue weighted by atomic mass is 16.7. The summed E-state index contributed by atoms with van der Waals surface area (Å²) in [5, 5.41) is 11.2. The van der Waals surface area contributed by atoms with Crippen LogP contribution in [0.2, 0.25) is 0 Å². The van der Waals surface area contributed by atoms with Crippen LogP contribution in [0.15, 0.2) is 6.33 Å². The van der Waals surface area contributed by atoms with E-state index >= 15 is 0 Å². The highest BCUT2D eigenvalue weighted by Crippen LogP contribution is 2.44. The van der Waals surface area contributed by atoms with Crippen molar-refractivity contribution in [2.75, 3.05) is 37.9 Å². The van der Waals surface area contributed by atoms with Crippen molar-refractivity contribution in [3.63, 3.8) is 0 Å². The average molecular weight is 562 g/mol. The van der Waals surface area contributed by atoms with Gasteiger partial charge >= 0.3 is 0 Å². The van der Waals surface area contributed by atoms with E-state index in [-0.39, 0.29) is 22.2 Å². The minimum atomic E-state index is 0.0590. The number of anilines is 2. The number of hydroxylamine groups is 4. The largest absolute Gasteiger partial charge is 0.354 e. The number of hydrogen-bond acceptors (Lipinski definition) is 9. The maximum Gasteiger partial charge on any atom is 0.227 e. The van der Waals surface area contributed by atoms with Crippen LogP contribution in [-0.4, -0.2) is 74.5 Å². The lowest BCUT2D eigenvalue weighted by Gasteiger charge is -2.53. The maximum absolute atomic E-state index is 5.75. The number of nitrogens with one attached hydrogen (secondary N) is 2. The number of piperidine rings is 2. The molecule has 0 aromatic carbocycles. The molecule has 0 unspecified atom stereocenters. The summed E-state index contributed by atoms with van der Waals surface area (Å²) < 4.78 is 0. The van der Waals surface area contributed by atoms with Crippen molar-refractivity contribution in [3.05, 3.63) is 6.33 Å². The van der Waals surface area contributed by atoms with Crippen molar-refractivity contribution in [1.82, 2.24) is 25.1 Å². The van der Waals surface area contributed by atoms with E-state index in [2.05, 4.69) is 91.1 Å². The molecule has 0 saturated carbocycles. The molecule has 0 spiro atoms. The molecule has 0 radical (unpaired) electrons. The number of unbranched alkanes of at least 4 members (excludes halogenated alkanes) is 2. The van der Waals surface area contributed by atoms with E-state index in [9.17, 15) is 0 Å². The molecule has 2 saturated heterocycles. The minimum Gasteiger partial charge on any atom is -0.354 e. The molecule has 0 atom stereocenters. The monoisotopic (exact) mass is 561 g/mol. The van der Waals surface area contributed by atoms with Gasteiger partial charge in [0.2, 0.25) is 11.9 Å². The fourth-order valence-electron chi connectivity index (χ4n) is 8.32. The van der Waals surface area contributed by atoms with Crippen LogP contribution in [0.5, 0.6) is 0 Å². The first-order valence-corrected chi connectivity index (χ1v) is 15.6. The van der Waals surface area contributed by atoms with Gasteiger partial charge in [-0.3, -0.25) is 0 Å². The van der Waals surface area contributed by atoms with Gasteiger partial charge in [-0.15, -0.1) is 0 Å². The molecule has 9 nitrogen and oxygen atoms in total. The summed E-state index contributed by atoms with van der Waals surface area (Å²) in [6.07, 6.45) is 13.4. The molecule has 230 valence electrons. The summed E-state index contributed by atoms with van der Waals surface area (Å²) in [6.45, 7) is 20.1. The van der Waals surface area contributed by atoms with Crippen molar-refractivity contribution in [1.29, 1.82) is 0 Å². The van der Waals surface area contributed by atoms with Crippen molar-refractivity contribution < 1.29 is 9.68 Å². The topological polar surface area (TPSA) is 87.7 Å². The average Bonchev–Trinajstić information content (AvgIpc) is 2.81. The third-order valence-corrected chi connectivity index (χ3v) is 8.93. The van der Waals surface area contributed by atoms with E-state index in [4.69, 9.17) is 9.68 Å². The summed E-state index contributed by atoms with van der Waals surface area (Å²) >= 11 is 0. The quantitative estimate of drug-likeness (QED) is 0.241. The van der Waals surface area contributed by atoms with E-state index in [1.165, 1.54) is 51.4 Å². The Kier molecular flexibility index (Phi) is 11.2. The molecule has 9 heteroatoms. The summed E-state index contributed by atoms with van der Waals surface area (Å²) in [5.74, 6) is 2.76. The normalized spacial score (nSPS) is 23.2. The van der Waals surface area contributed by atoms with E-state index < -0.39 is 0 Å². The van der Waals surface area contributed by atoms with Gasteiger partial charge in [-0.1, -0.05) is 25.7 Å². The Morgan fingerprint density at radius 1 is 0.650 bits per heavy atom. The molecule has 2 aliphatic rings. The Labute approximate surface area is 244 Å². The fourth-order valence-corrected chi connectivity index (χ4v) is 8.32. The van der Waals surface area contributed by atoms with Gasteiger partial charge < -0.3 is 20.3 Å². The van der Waals surface area contributed by atoms with Gasteiger partial charge in [0.15, 0.2) is 0 Å². The first-order valence-electron chi connectivity index (χ1n) is 15.6. The molecule has 2 fully saturated rings. The molecule has 2 aliphatic heterocycles. The minimum absolute atomic E-state index is 0.0590.